The molecule has 2 heterocycles. The number of nitrogens with one attached hydrogen (secondary N) is 1. The number of amides is 2. The van der Waals surface area contributed by atoms with Crippen molar-refractivity contribution in [2.24, 2.45) is 0 Å². The lowest BCUT2D eigenvalue weighted by Gasteiger charge is -2.21. The average molecular weight is 364 g/mol. The third kappa shape index (κ3) is 3.23. The number of carbonyl (C=O) groups is 2. The number of imidazole rings is 1. The minimum atomic E-state index is -0.761. The number of aromatic nitrogens is 2. The van der Waals surface area contributed by atoms with Crippen LogP contribution in [0.1, 0.15) is 5.56 Å². The molecule has 3 aromatic rings. The quantitative estimate of drug-likeness (QED) is 0.721. The topological polar surface area (TPSA) is 76.5 Å². The second-order valence-electron chi connectivity index (χ2n) is 6.42. The number of ether oxygens (including phenoxy) is 1. The number of benzene rings is 2. The first kappa shape index (κ1) is 17.1. The van der Waals surface area contributed by atoms with Crippen LogP contribution >= 0.6 is 0 Å². The summed E-state index contributed by atoms with van der Waals surface area (Å²) in [6.45, 7) is 1.18. The van der Waals surface area contributed by atoms with Crippen LogP contribution < -0.4 is 10.2 Å². The molecule has 1 aliphatic rings. The van der Waals surface area contributed by atoms with Gasteiger partial charge in [0.15, 0.2) is 0 Å². The van der Waals surface area contributed by atoms with Gasteiger partial charge in [0.1, 0.15) is 6.04 Å². The number of anilines is 1. The number of urea groups is 1. The summed E-state index contributed by atoms with van der Waals surface area (Å²) in [4.78, 5) is 31.2. The summed E-state index contributed by atoms with van der Waals surface area (Å²) in [6, 6.07) is 16.2. The van der Waals surface area contributed by atoms with Gasteiger partial charge in [-0.3, -0.25) is 4.90 Å². The molecule has 0 saturated heterocycles. The largest absolute Gasteiger partial charge is 0.467 e. The smallest absolute Gasteiger partial charge is 0.328 e. The summed E-state index contributed by atoms with van der Waals surface area (Å²) in [6.07, 6.45) is 0.365. The maximum Gasteiger partial charge on any atom is 0.328 e. The van der Waals surface area contributed by atoms with Crippen LogP contribution in [-0.2, 0) is 22.5 Å². The number of hydrogen-bond donors (Lipinski definition) is 1. The summed E-state index contributed by atoms with van der Waals surface area (Å²) in [7, 11) is 1.32. The molecule has 7 nitrogen and oxygen atoms in total. The average Bonchev–Trinajstić information content (AvgIpc) is 3.26. The van der Waals surface area contributed by atoms with Crippen molar-refractivity contribution in [1.29, 1.82) is 0 Å². The van der Waals surface area contributed by atoms with E-state index in [0.717, 1.165) is 16.6 Å². The predicted molar refractivity (Wildman–Crippen MR) is 102 cm³/mol. The molecule has 4 rings (SSSR count). The van der Waals surface area contributed by atoms with E-state index in [-0.39, 0.29) is 6.03 Å². The lowest BCUT2D eigenvalue weighted by atomic mass is 10.1. The molecule has 0 fully saturated rings. The van der Waals surface area contributed by atoms with E-state index in [1.165, 1.54) is 7.11 Å². The summed E-state index contributed by atoms with van der Waals surface area (Å²) in [5.74, 6) is 0.122. The maximum absolute atomic E-state index is 12.9. The normalized spacial score (nSPS) is 14.0. The molecule has 138 valence electrons. The first-order chi connectivity index (χ1) is 13.2. The zero-order chi connectivity index (χ0) is 18.8. The summed E-state index contributed by atoms with van der Waals surface area (Å²) < 4.78 is 6.89. The molecule has 2 aromatic carbocycles. The SMILES string of the molecule is COC(=O)[C@@H](Cc1ccccc1)NC(=O)N1CCn2c1nc1ccccc12. The maximum atomic E-state index is 12.9. The molecule has 0 saturated carbocycles. The molecule has 1 aliphatic heterocycles. The Kier molecular flexibility index (Phi) is 4.50. The fourth-order valence-corrected chi connectivity index (χ4v) is 3.39. The van der Waals surface area contributed by atoms with Gasteiger partial charge < -0.3 is 14.6 Å². The van der Waals surface area contributed by atoms with E-state index in [0.29, 0.717) is 25.5 Å². The highest BCUT2D eigenvalue weighted by Gasteiger charge is 2.31. The highest BCUT2D eigenvalue weighted by atomic mass is 16.5. The minimum absolute atomic E-state index is 0.351. The lowest BCUT2D eigenvalue weighted by molar-refractivity contribution is -0.142. The predicted octanol–water partition coefficient (Wildman–Crippen LogP) is 2.35. The van der Waals surface area contributed by atoms with E-state index in [1.807, 2.05) is 59.2 Å². The lowest BCUT2D eigenvalue weighted by Crippen LogP contribution is -2.49. The summed E-state index contributed by atoms with van der Waals surface area (Å²) >= 11 is 0. The number of methoxy groups -OCH3 is 1. The van der Waals surface area contributed by atoms with Crippen molar-refractivity contribution in [1.82, 2.24) is 14.9 Å². The van der Waals surface area contributed by atoms with Gasteiger partial charge in [-0.2, -0.15) is 0 Å². The van der Waals surface area contributed by atoms with E-state index < -0.39 is 12.0 Å². The number of carbonyl (C=O) groups excluding carboxylic acids is 2. The van der Waals surface area contributed by atoms with Crippen molar-refractivity contribution in [3.8, 4) is 0 Å². The molecule has 0 spiro atoms. The van der Waals surface area contributed by atoms with Crippen LogP contribution in [0, 0.1) is 0 Å². The first-order valence-corrected chi connectivity index (χ1v) is 8.82. The van der Waals surface area contributed by atoms with Gasteiger partial charge in [0, 0.05) is 19.5 Å². The summed E-state index contributed by atoms with van der Waals surface area (Å²) in [5, 5.41) is 2.80. The van der Waals surface area contributed by atoms with Gasteiger partial charge in [0.05, 0.1) is 18.1 Å². The molecular formula is C20H20N4O3. The number of rotatable bonds is 4. The minimum Gasteiger partial charge on any atom is -0.467 e. The molecule has 0 aliphatic carbocycles. The van der Waals surface area contributed by atoms with Gasteiger partial charge in [-0.15, -0.1) is 0 Å². The van der Waals surface area contributed by atoms with Crippen LogP contribution in [-0.4, -0.2) is 41.2 Å². The van der Waals surface area contributed by atoms with Crippen LogP contribution in [0.4, 0.5) is 10.7 Å². The third-order valence-electron chi connectivity index (χ3n) is 4.73. The fourth-order valence-electron chi connectivity index (χ4n) is 3.39. The Morgan fingerprint density at radius 2 is 1.85 bits per heavy atom. The second-order valence-corrected chi connectivity index (χ2v) is 6.42. The van der Waals surface area contributed by atoms with E-state index >= 15 is 0 Å². The van der Waals surface area contributed by atoms with E-state index in [4.69, 9.17) is 4.74 Å². The molecular weight excluding hydrogens is 344 g/mol. The third-order valence-corrected chi connectivity index (χ3v) is 4.73. The summed E-state index contributed by atoms with van der Waals surface area (Å²) in [5.41, 5.74) is 2.79. The standard InChI is InChI=1S/C20H20N4O3/c1-27-18(25)16(13-14-7-3-2-4-8-14)22-20(26)24-12-11-23-17-10-6-5-9-15(17)21-19(23)24/h2-10,16H,11-13H2,1H3,(H,22,26)/t16-/m1/s1. The van der Waals surface area contributed by atoms with Gasteiger partial charge >= 0.3 is 12.0 Å². The van der Waals surface area contributed by atoms with Crippen LogP contribution in [0.15, 0.2) is 54.6 Å². The van der Waals surface area contributed by atoms with Crippen LogP contribution in [0.25, 0.3) is 11.0 Å². The Balaban J connectivity index is 1.55. The molecule has 0 radical (unpaired) electrons. The number of hydrogen-bond acceptors (Lipinski definition) is 4. The molecule has 7 heteroatoms. The molecule has 27 heavy (non-hydrogen) atoms. The Bertz CT molecular complexity index is 983. The fraction of sp³-hybridized carbons (Fsp3) is 0.250. The van der Waals surface area contributed by atoms with Gasteiger partial charge in [0.25, 0.3) is 0 Å². The van der Waals surface area contributed by atoms with Crippen molar-refractivity contribution in [3.63, 3.8) is 0 Å². The van der Waals surface area contributed by atoms with Gasteiger partial charge in [0.2, 0.25) is 5.95 Å². The number of para-hydroxylation sites is 2. The van der Waals surface area contributed by atoms with Crippen molar-refractivity contribution in [3.05, 3.63) is 60.2 Å². The van der Waals surface area contributed by atoms with E-state index in [1.54, 1.807) is 4.90 Å². The van der Waals surface area contributed by atoms with Crippen molar-refractivity contribution in [2.75, 3.05) is 18.6 Å². The molecule has 0 unspecified atom stereocenters. The monoisotopic (exact) mass is 364 g/mol. The number of fused-ring (bicyclic) bond motifs is 3. The number of esters is 1. The van der Waals surface area contributed by atoms with Crippen molar-refractivity contribution in [2.45, 2.75) is 19.0 Å². The first-order valence-electron chi connectivity index (χ1n) is 8.82. The Morgan fingerprint density at radius 3 is 2.63 bits per heavy atom. The van der Waals surface area contributed by atoms with Gasteiger partial charge in [-0.25, -0.2) is 14.6 Å². The van der Waals surface area contributed by atoms with Gasteiger partial charge in [-0.1, -0.05) is 42.5 Å². The Morgan fingerprint density at radius 1 is 1.11 bits per heavy atom. The Labute approximate surface area is 156 Å². The second kappa shape index (κ2) is 7.11. The molecule has 0 bridgehead atoms. The van der Waals surface area contributed by atoms with Crippen molar-refractivity contribution >= 4 is 29.0 Å². The van der Waals surface area contributed by atoms with E-state index in [9.17, 15) is 9.59 Å². The van der Waals surface area contributed by atoms with Crippen LogP contribution in [0.3, 0.4) is 0 Å². The van der Waals surface area contributed by atoms with Crippen molar-refractivity contribution < 1.29 is 14.3 Å². The molecule has 1 N–H and O–H groups in total. The highest BCUT2D eigenvalue weighted by molar-refractivity contribution is 5.96. The molecule has 1 aromatic heterocycles. The van der Waals surface area contributed by atoms with Crippen LogP contribution in [0.5, 0.6) is 0 Å². The van der Waals surface area contributed by atoms with E-state index in [2.05, 4.69) is 10.3 Å². The highest BCUT2D eigenvalue weighted by Crippen LogP contribution is 2.27. The van der Waals surface area contributed by atoms with Gasteiger partial charge in [-0.05, 0) is 17.7 Å². The van der Waals surface area contributed by atoms with Crippen LogP contribution in [0.2, 0.25) is 0 Å². The Hall–Kier alpha value is -3.35. The molecule has 2 amide bonds. The zero-order valence-electron chi connectivity index (χ0n) is 15.0. The number of nitrogens with zero attached hydrogens (tertiary/aromatic N) is 3. The molecule has 1 atom stereocenters. The zero-order valence-corrected chi connectivity index (χ0v) is 15.0.